The largest absolute Gasteiger partial charge is 0.369 e. The van der Waals surface area contributed by atoms with Crippen LogP contribution in [0.25, 0.3) is 11.3 Å². The zero-order valence-electron chi connectivity index (χ0n) is 15.6. The van der Waals surface area contributed by atoms with Crippen molar-refractivity contribution in [2.24, 2.45) is 0 Å². The molecule has 0 aliphatic rings. The van der Waals surface area contributed by atoms with Crippen molar-refractivity contribution < 1.29 is 4.39 Å². The van der Waals surface area contributed by atoms with Gasteiger partial charge in [-0.1, -0.05) is 42.5 Å². The zero-order valence-corrected chi connectivity index (χ0v) is 15.6. The van der Waals surface area contributed by atoms with Crippen LogP contribution in [0.2, 0.25) is 0 Å². The van der Waals surface area contributed by atoms with Gasteiger partial charge in [0.15, 0.2) is 0 Å². The molecule has 0 amide bonds. The first kappa shape index (κ1) is 18.8. The summed E-state index contributed by atoms with van der Waals surface area (Å²) in [7, 11) is 4.07. The Morgan fingerprint density at radius 3 is 2.37 bits per heavy atom. The first-order chi connectivity index (χ1) is 13.1. The molecular weight excluding hydrogens is 341 g/mol. The van der Waals surface area contributed by atoms with Crippen molar-refractivity contribution in [2.45, 2.75) is 6.54 Å². The number of hydrogen-bond acceptors (Lipinski definition) is 5. The van der Waals surface area contributed by atoms with Gasteiger partial charge in [-0.3, -0.25) is 0 Å². The van der Waals surface area contributed by atoms with Crippen molar-refractivity contribution in [3.05, 3.63) is 72.0 Å². The minimum Gasteiger partial charge on any atom is -0.369 e. The van der Waals surface area contributed by atoms with Crippen LogP contribution in [-0.2, 0) is 6.54 Å². The van der Waals surface area contributed by atoms with Crippen LogP contribution in [-0.4, -0.2) is 42.1 Å². The van der Waals surface area contributed by atoms with Gasteiger partial charge >= 0.3 is 0 Å². The van der Waals surface area contributed by atoms with E-state index in [1.54, 1.807) is 12.1 Å². The van der Waals surface area contributed by atoms with E-state index < -0.39 is 0 Å². The maximum absolute atomic E-state index is 13.1. The summed E-state index contributed by atoms with van der Waals surface area (Å²) in [6.45, 7) is 2.22. The fourth-order valence-corrected chi connectivity index (χ4v) is 2.56. The minimum atomic E-state index is -0.242. The first-order valence-corrected chi connectivity index (χ1v) is 8.91. The van der Waals surface area contributed by atoms with Crippen LogP contribution in [0.4, 0.5) is 16.2 Å². The Morgan fingerprint density at radius 1 is 0.926 bits per heavy atom. The molecule has 5 nitrogen and oxygen atoms in total. The average molecular weight is 365 g/mol. The van der Waals surface area contributed by atoms with E-state index in [1.807, 2.05) is 50.5 Å². The third kappa shape index (κ3) is 5.76. The van der Waals surface area contributed by atoms with Gasteiger partial charge in [0, 0.05) is 31.3 Å². The van der Waals surface area contributed by atoms with Crippen LogP contribution in [0.5, 0.6) is 0 Å². The Morgan fingerprint density at radius 2 is 1.67 bits per heavy atom. The number of aromatic nitrogens is 2. The summed E-state index contributed by atoms with van der Waals surface area (Å²) < 4.78 is 13.1. The number of hydrogen-bond donors (Lipinski definition) is 2. The molecule has 0 bridgehead atoms. The van der Waals surface area contributed by atoms with E-state index in [0.29, 0.717) is 12.5 Å². The Bertz CT molecular complexity index is 850. The molecule has 2 aromatic carbocycles. The third-order valence-corrected chi connectivity index (χ3v) is 4.02. The lowest BCUT2D eigenvalue weighted by molar-refractivity contribution is 0.425. The first-order valence-electron chi connectivity index (χ1n) is 8.91. The van der Waals surface area contributed by atoms with Gasteiger partial charge in [0.1, 0.15) is 11.6 Å². The average Bonchev–Trinajstić information content (AvgIpc) is 2.68. The Hall–Kier alpha value is -2.99. The summed E-state index contributed by atoms with van der Waals surface area (Å²) >= 11 is 0. The van der Waals surface area contributed by atoms with Crippen molar-refractivity contribution >= 4 is 11.8 Å². The Balaban J connectivity index is 1.79. The van der Waals surface area contributed by atoms with Crippen LogP contribution in [0.3, 0.4) is 0 Å². The van der Waals surface area contributed by atoms with Crippen molar-refractivity contribution in [1.82, 2.24) is 14.9 Å². The van der Waals surface area contributed by atoms with Crippen LogP contribution in [0.1, 0.15) is 5.56 Å². The van der Waals surface area contributed by atoms with Gasteiger partial charge in [-0.15, -0.1) is 0 Å². The number of nitrogens with one attached hydrogen (secondary N) is 2. The number of likely N-dealkylation sites (N-methyl/N-ethyl adjacent to an activating group) is 1. The highest BCUT2D eigenvalue weighted by Crippen LogP contribution is 2.21. The highest BCUT2D eigenvalue weighted by atomic mass is 19.1. The second kappa shape index (κ2) is 9.09. The summed E-state index contributed by atoms with van der Waals surface area (Å²) in [5, 5.41) is 6.58. The molecule has 3 rings (SSSR count). The van der Waals surface area contributed by atoms with Crippen LogP contribution >= 0.6 is 0 Å². The molecule has 0 unspecified atom stereocenters. The van der Waals surface area contributed by atoms with Gasteiger partial charge in [0.2, 0.25) is 5.95 Å². The molecule has 27 heavy (non-hydrogen) atoms. The highest BCUT2D eigenvalue weighted by Gasteiger charge is 2.07. The van der Waals surface area contributed by atoms with E-state index in [4.69, 9.17) is 0 Å². The molecule has 1 aromatic heterocycles. The van der Waals surface area contributed by atoms with E-state index in [-0.39, 0.29) is 5.82 Å². The predicted molar refractivity (Wildman–Crippen MR) is 108 cm³/mol. The molecule has 0 saturated heterocycles. The second-order valence-corrected chi connectivity index (χ2v) is 6.54. The number of anilines is 2. The monoisotopic (exact) mass is 365 g/mol. The molecule has 1 heterocycles. The zero-order chi connectivity index (χ0) is 19.1. The SMILES string of the molecule is CN(C)CCNc1cc(-c2ccccc2)nc(NCc2ccc(F)cc2)n1. The van der Waals surface area contributed by atoms with E-state index in [2.05, 4.69) is 25.5 Å². The molecule has 0 aliphatic carbocycles. The molecule has 6 heteroatoms. The molecular formula is C21H24FN5. The summed E-state index contributed by atoms with van der Waals surface area (Å²) in [6, 6.07) is 18.4. The standard InChI is InChI=1S/C21H24FN5/c1-27(2)13-12-23-20-14-19(17-6-4-3-5-7-17)25-21(26-20)24-15-16-8-10-18(22)11-9-16/h3-11,14H,12-13,15H2,1-2H3,(H2,23,24,25,26). The van der Waals surface area contributed by atoms with Gasteiger partial charge in [0.05, 0.1) is 5.69 Å². The molecule has 3 aromatic rings. The van der Waals surface area contributed by atoms with E-state index in [0.717, 1.165) is 35.7 Å². The normalized spacial score (nSPS) is 10.8. The topological polar surface area (TPSA) is 53.1 Å². The van der Waals surface area contributed by atoms with Gasteiger partial charge in [-0.25, -0.2) is 9.37 Å². The number of rotatable bonds is 8. The quantitative estimate of drug-likeness (QED) is 0.635. The van der Waals surface area contributed by atoms with Crippen molar-refractivity contribution in [1.29, 1.82) is 0 Å². The van der Waals surface area contributed by atoms with Gasteiger partial charge in [0.25, 0.3) is 0 Å². The molecule has 0 fully saturated rings. The van der Waals surface area contributed by atoms with Crippen molar-refractivity contribution in [2.75, 3.05) is 37.8 Å². The number of nitrogens with zero attached hydrogens (tertiary/aromatic N) is 3. The maximum atomic E-state index is 13.1. The molecule has 0 aliphatic heterocycles. The van der Waals surface area contributed by atoms with Crippen molar-refractivity contribution in [3.63, 3.8) is 0 Å². The summed E-state index contributed by atoms with van der Waals surface area (Å²) in [4.78, 5) is 11.3. The van der Waals surface area contributed by atoms with Gasteiger partial charge in [-0.2, -0.15) is 4.98 Å². The maximum Gasteiger partial charge on any atom is 0.225 e. The lowest BCUT2D eigenvalue weighted by Crippen LogP contribution is -2.21. The van der Waals surface area contributed by atoms with Crippen molar-refractivity contribution in [3.8, 4) is 11.3 Å². The molecule has 2 N–H and O–H groups in total. The molecule has 140 valence electrons. The lowest BCUT2D eigenvalue weighted by atomic mass is 10.1. The Labute approximate surface area is 159 Å². The van der Waals surface area contributed by atoms with Crippen LogP contribution in [0, 0.1) is 5.82 Å². The van der Waals surface area contributed by atoms with Crippen LogP contribution in [0.15, 0.2) is 60.7 Å². The fraction of sp³-hybridized carbons (Fsp3) is 0.238. The third-order valence-electron chi connectivity index (χ3n) is 4.02. The van der Waals surface area contributed by atoms with E-state index in [1.165, 1.54) is 12.1 Å². The van der Waals surface area contributed by atoms with Crippen LogP contribution < -0.4 is 10.6 Å². The Kier molecular flexibility index (Phi) is 6.33. The number of halogens is 1. The second-order valence-electron chi connectivity index (χ2n) is 6.54. The lowest BCUT2D eigenvalue weighted by Gasteiger charge is -2.13. The highest BCUT2D eigenvalue weighted by molar-refractivity contribution is 5.64. The fourth-order valence-electron chi connectivity index (χ4n) is 2.56. The number of benzene rings is 2. The summed E-state index contributed by atoms with van der Waals surface area (Å²) in [5.74, 6) is 1.06. The van der Waals surface area contributed by atoms with E-state index >= 15 is 0 Å². The minimum absolute atomic E-state index is 0.242. The molecule has 0 saturated carbocycles. The molecule has 0 radical (unpaired) electrons. The van der Waals surface area contributed by atoms with Gasteiger partial charge < -0.3 is 15.5 Å². The molecule has 0 atom stereocenters. The summed E-state index contributed by atoms with van der Waals surface area (Å²) in [6.07, 6.45) is 0. The van der Waals surface area contributed by atoms with Gasteiger partial charge in [-0.05, 0) is 31.8 Å². The summed E-state index contributed by atoms with van der Waals surface area (Å²) in [5.41, 5.74) is 2.84. The predicted octanol–water partition coefficient (Wildman–Crippen LogP) is 3.87. The molecule has 0 spiro atoms. The smallest absolute Gasteiger partial charge is 0.225 e. The van der Waals surface area contributed by atoms with E-state index in [9.17, 15) is 4.39 Å².